The molecule has 104 valence electrons. The van der Waals surface area contributed by atoms with Crippen LogP contribution in [0.5, 0.6) is 0 Å². The topological polar surface area (TPSA) is 42.0 Å². The van der Waals surface area contributed by atoms with Crippen molar-refractivity contribution in [3.05, 3.63) is 63.9 Å². The maximum atomic E-state index is 12.0. The SMILES string of the molecule is CC(CNC(=O)c1nc(Cl)ccc1Cl)c1ccccc1. The molecule has 1 amide bonds. The van der Waals surface area contributed by atoms with Gasteiger partial charge in [0.2, 0.25) is 0 Å². The van der Waals surface area contributed by atoms with E-state index in [1.54, 1.807) is 12.1 Å². The molecule has 1 atom stereocenters. The molecule has 1 aromatic heterocycles. The highest BCUT2D eigenvalue weighted by Gasteiger charge is 2.14. The Morgan fingerprint density at radius 1 is 1.20 bits per heavy atom. The van der Waals surface area contributed by atoms with E-state index in [4.69, 9.17) is 23.2 Å². The zero-order valence-electron chi connectivity index (χ0n) is 10.9. The third-order valence-electron chi connectivity index (χ3n) is 2.96. The van der Waals surface area contributed by atoms with Gasteiger partial charge in [0, 0.05) is 6.54 Å². The number of halogens is 2. The number of nitrogens with zero attached hydrogens (tertiary/aromatic N) is 1. The molecule has 3 nitrogen and oxygen atoms in total. The number of rotatable bonds is 4. The summed E-state index contributed by atoms with van der Waals surface area (Å²) in [5.41, 5.74) is 1.32. The first-order valence-corrected chi connectivity index (χ1v) is 6.98. The lowest BCUT2D eigenvalue weighted by molar-refractivity contribution is 0.0947. The Morgan fingerprint density at radius 2 is 1.90 bits per heavy atom. The molecule has 0 fully saturated rings. The molecule has 1 unspecified atom stereocenters. The van der Waals surface area contributed by atoms with Crippen LogP contribution in [0.15, 0.2) is 42.5 Å². The van der Waals surface area contributed by atoms with Crippen molar-refractivity contribution < 1.29 is 4.79 Å². The minimum atomic E-state index is -0.319. The first-order chi connectivity index (χ1) is 9.58. The quantitative estimate of drug-likeness (QED) is 0.870. The summed E-state index contributed by atoms with van der Waals surface area (Å²) < 4.78 is 0. The van der Waals surface area contributed by atoms with Crippen molar-refractivity contribution in [3.63, 3.8) is 0 Å². The summed E-state index contributed by atoms with van der Waals surface area (Å²) in [4.78, 5) is 16.0. The number of pyridine rings is 1. The van der Waals surface area contributed by atoms with Crippen molar-refractivity contribution in [1.82, 2.24) is 10.3 Å². The molecular formula is C15H14Cl2N2O. The van der Waals surface area contributed by atoms with Crippen molar-refractivity contribution in [2.24, 2.45) is 0 Å². The smallest absolute Gasteiger partial charge is 0.271 e. The molecule has 1 N–H and O–H groups in total. The molecule has 2 rings (SSSR count). The van der Waals surface area contributed by atoms with Crippen molar-refractivity contribution in [3.8, 4) is 0 Å². The fourth-order valence-corrected chi connectivity index (χ4v) is 2.15. The van der Waals surface area contributed by atoms with Gasteiger partial charge in [-0.3, -0.25) is 4.79 Å². The van der Waals surface area contributed by atoms with Crippen LogP contribution in [0.4, 0.5) is 0 Å². The fourth-order valence-electron chi connectivity index (χ4n) is 1.81. The second-order valence-corrected chi connectivity index (χ2v) is 5.28. The van der Waals surface area contributed by atoms with Gasteiger partial charge in [-0.15, -0.1) is 0 Å². The van der Waals surface area contributed by atoms with Crippen LogP contribution < -0.4 is 5.32 Å². The number of hydrogen-bond acceptors (Lipinski definition) is 2. The van der Waals surface area contributed by atoms with Gasteiger partial charge in [-0.05, 0) is 23.6 Å². The predicted molar refractivity (Wildman–Crippen MR) is 81.4 cm³/mol. The Bertz CT molecular complexity index is 602. The van der Waals surface area contributed by atoms with Crippen LogP contribution in [0.3, 0.4) is 0 Å². The summed E-state index contributed by atoms with van der Waals surface area (Å²) in [6, 6.07) is 13.1. The van der Waals surface area contributed by atoms with E-state index in [0.29, 0.717) is 11.6 Å². The third-order valence-corrected chi connectivity index (χ3v) is 3.48. The van der Waals surface area contributed by atoms with E-state index in [1.165, 1.54) is 0 Å². The number of hydrogen-bond donors (Lipinski definition) is 1. The summed E-state index contributed by atoms with van der Waals surface area (Å²) in [7, 11) is 0. The van der Waals surface area contributed by atoms with Crippen molar-refractivity contribution >= 4 is 29.1 Å². The van der Waals surface area contributed by atoms with Crippen LogP contribution in [-0.2, 0) is 0 Å². The zero-order chi connectivity index (χ0) is 14.5. The molecule has 0 saturated heterocycles. The van der Waals surface area contributed by atoms with E-state index in [0.717, 1.165) is 5.56 Å². The average molecular weight is 309 g/mol. The van der Waals surface area contributed by atoms with Gasteiger partial charge in [0.1, 0.15) is 10.8 Å². The number of carbonyl (C=O) groups excluding carboxylic acids is 1. The second kappa shape index (κ2) is 6.73. The van der Waals surface area contributed by atoms with Gasteiger partial charge >= 0.3 is 0 Å². The maximum Gasteiger partial charge on any atom is 0.271 e. The lowest BCUT2D eigenvalue weighted by Crippen LogP contribution is -2.28. The Hall–Kier alpha value is -1.58. The predicted octanol–water partition coefficient (Wildman–Crippen LogP) is 3.92. The molecule has 0 saturated carbocycles. The van der Waals surface area contributed by atoms with E-state index < -0.39 is 0 Å². The summed E-state index contributed by atoms with van der Waals surface area (Å²) in [5.74, 6) is -0.113. The van der Waals surface area contributed by atoms with Gasteiger partial charge in [-0.1, -0.05) is 60.5 Å². The van der Waals surface area contributed by atoms with Gasteiger partial charge in [0.15, 0.2) is 0 Å². The molecule has 2 aromatic rings. The normalized spacial score (nSPS) is 11.9. The van der Waals surface area contributed by atoms with E-state index >= 15 is 0 Å². The van der Waals surface area contributed by atoms with Gasteiger partial charge in [-0.2, -0.15) is 0 Å². The van der Waals surface area contributed by atoms with Crippen LogP contribution in [0.25, 0.3) is 0 Å². The molecule has 0 spiro atoms. The monoisotopic (exact) mass is 308 g/mol. The van der Waals surface area contributed by atoms with E-state index in [-0.39, 0.29) is 22.7 Å². The van der Waals surface area contributed by atoms with Crippen LogP contribution in [0.2, 0.25) is 10.2 Å². The Labute approximate surface area is 127 Å². The number of amides is 1. The Morgan fingerprint density at radius 3 is 2.60 bits per heavy atom. The highest BCUT2D eigenvalue weighted by molar-refractivity contribution is 6.34. The van der Waals surface area contributed by atoms with Gasteiger partial charge in [0.25, 0.3) is 5.91 Å². The molecule has 0 aliphatic heterocycles. The molecular weight excluding hydrogens is 295 g/mol. The molecule has 20 heavy (non-hydrogen) atoms. The lowest BCUT2D eigenvalue weighted by atomic mass is 10.0. The maximum absolute atomic E-state index is 12.0. The molecule has 0 bridgehead atoms. The van der Waals surface area contributed by atoms with Gasteiger partial charge in [0.05, 0.1) is 5.02 Å². The molecule has 0 aliphatic rings. The largest absolute Gasteiger partial charge is 0.350 e. The second-order valence-electron chi connectivity index (χ2n) is 4.49. The van der Waals surface area contributed by atoms with E-state index in [2.05, 4.69) is 10.3 Å². The Balaban J connectivity index is 2.00. The van der Waals surface area contributed by atoms with Crippen molar-refractivity contribution in [1.29, 1.82) is 0 Å². The molecule has 5 heteroatoms. The summed E-state index contributed by atoms with van der Waals surface area (Å²) in [6.45, 7) is 2.55. The van der Waals surface area contributed by atoms with E-state index in [9.17, 15) is 4.79 Å². The fraction of sp³-hybridized carbons (Fsp3) is 0.200. The summed E-state index contributed by atoms with van der Waals surface area (Å²) in [5, 5.41) is 3.36. The molecule has 0 radical (unpaired) electrons. The number of carbonyl (C=O) groups is 1. The van der Waals surface area contributed by atoms with Crippen LogP contribution in [-0.4, -0.2) is 17.4 Å². The molecule has 1 aromatic carbocycles. The van der Waals surface area contributed by atoms with Gasteiger partial charge < -0.3 is 5.32 Å². The van der Waals surface area contributed by atoms with Crippen molar-refractivity contribution in [2.45, 2.75) is 12.8 Å². The minimum absolute atomic E-state index is 0.152. The highest BCUT2D eigenvalue weighted by Crippen LogP contribution is 2.17. The van der Waals surface area contributed by atoms with Crippen LogP contribution >= 0.6 is 23.2 Å². The summed E-state index contributed by atoms with van der Waals surface area (Å²) in [6.07, 6.45) is 0. The zero-order valence-corrected chi connectivity index (χ0v) is 12.4. The number of aromatic nitrogens is 1. The van der Waals surface area contributed by atoms with Crippen LogP contribution in [0.1, 0.15) is 28.9 Å². The van der Waals surface area contributed by atoms with Crippen molar-refractivity contribution in [2.75, 3.05) is 6.54 Å². The first kappa shape index (κ1) is 14.8. The number of nitrogens with one attached hydrogen (secondary N) is 1. The Kier molecular flexibility index (Phi) is 4.99. The van der Waals surface area contributed by atoms with Gasteiger partial charge in [-0.25, -0.2) is 4.98 Å². The standard InChI is InChI=1S/C15H14Cl2N2O/c1-10(11-5-3-2-4-6-11)9-18-15(20)14-12(16)7-8-13(17)19-14/h2-8,10H,9H2,1H3,(H,18,20). The average Bonchev–Trinajstić information content (AvgIpc) is 2.47. The number of benzene rings is 1. The summed E-state index contributed by atoms with van der Waals surface area (Å²) >= 11 is 11.7. The highest BCUT2D eigenvalue weighted by atomic mass is 35.5. The minimum Gasteiger partial charge on any atom is -0.350 e. The van der Waals surface area contributed by atoms with Crippen LogP contribution in [0, 0.1) is 0 Å². The molecule has 1 heterocycles. The van der Waals surface area contributed by atoms with E-state index in [1.807, 2.05) is 37.3 Å². The lowest BCUT2D eigenvalue weighted by Gasteiger charge is -2.13. The third kappa shape index (κ3) is 3.71. The first-order valence-electron chi connectivity index (χ1n) is 6.23. The molecule has 0 aliphatic carbocycles.